The highest BCUT2D eigenvalue weighted by molar-refractivity contribution is 5.95. The number of ketones is 1. The van der Waals surface area contributed by atoms with Crippen molar-refractivity contribution in [2.45, 2.75) is 25.3 Å². The first kappa shape index (κ1) is 21.3. The molecule has 33 heavy (non-hydrogen) atoms. The third-order valence-electron chi connectivity index (χ3n) is 6.00. The molecule has 0 radical (unpaired) electrons. The second-order valence-electron chi connectivity index (χ2n) is 8.33. The molecule has 0 bridgehead atoms. The van der Waals surface area contributed by atoms with Gasteiger partial charge in [-0.2, -0.15) is 10.2 Å². The number of nitrogens with zero attached hydrogens (tertiary/aromatic N) is 9. The normalized spacial score (nSPS) is 15.3. The molecule has 3 aromatic heterocycles. The van der Waals surface area contributed by atoms with Crippen LogP contribution in [-0.4, -0.2) is 77.2 Å². The fourth-order valence-electron chi connectivity index (χ4n) is 4.18. The molecule has 4 heterocycles. The van der Waals surface area contributed by atoms with E-state index in [1.807, 2.05) is 37.5 Å². The van der Waals surface area contributed by atoms with E-state index in [-0.39, 0.29) is 24.9 Å². The van der Waals surface area contributed by atoms with Gasteiger partial charge in [0.25, 0.3) is 0 Å². The number of fused-ring (bicyclic) bond motifs is 1. The fraction of sp³-hybridized carbons (Fsp3) is 0.409. The van der Waals surface area contributed by atoms with Crippen molar-refractivity contribution in [2.75, 3.05) is 26.3 Å². The lowest BCUT2D eigenvalue weighted by molar-refractivity contribution is 0.0987. The van der Waals surface area contributed by atoms with Gasteiger partial charge >= 0.3 is 0 Å². The Morgan fingerprint density at radius 1 is 1.06 bits per heavy atom. The summed E-state index contributed by atoms with van der Waals surface area (Å²) in [6.07, 6.45) is 5.36. The van der Waals surface area contributed by atoms with E-state index in [1.54, 1.807) is 15.6 Å². The van der Waals surface area contributed by atoms with Crippen LogP contribution in [0.25, 0.3) is 22.2 Å². The number of alkyl halides is 1. The van der Waals surface area contributed by atoms with Crippen LogP contribution >= 0.6 is 0 Å². The number of halogens is 1. The summed E-state index contributed by atoms with van der Waals surface area (Å²) in [5.41, 5.74) is 3.31. The van der Waals surface area contributed by atoms with Crippen molar-refractivity contribution in [3.63, 3.8) is 0 Å². The summed E-state index contributed by atoms with van der Waals surface area (Å²) in [7, 11) is 1.82. The largest absolute Gasteiger partial charge is 0.301 e. The minimum absolute atomic E-state index is 0.0892. The standard InChI is InChI=1S/C22H24FN9O/c1-30-13-20(26-28-30)15-2-3-19-16(10-15)11-17(24-25-19)12-22(33)21-14-32(29-27-21)18-4-7-31(8-5-18)9-6-23/h2-3,10-11,13-14,18H,4-9,12H2,1H3. The van der Waals surface area contributed by atoms with E-state index in [1.165, 1.54) is 0 Å². The Morgan fingerprint density at radius 2 is 1.91 bits per heavy atom. The quantitative estimate of drug-likeness (QED) is 0.395. The molecule has 0 unspecified atom stereocenters. The van der Waals surface area contributed by atoms with Gasteiger partial charge in [0.1, 0.15) is 18.1 Å². The van der Waals surface area contributed by atoms with Crippen molar-refractivity contribution < 1.29 is 9.18 Å². The van der Waals surface area contributed by atoms with Gasteiger partial charge in [-0.3, -0.25) is 9.48 Å². The number of hydrogen-bond acceptors (Lipinski definition) is 8. The summed E-state index contributed by atoms with van der Waals surface area (Å²) < 4.78 is 15.9. The Kier molecular flexibility index (Phi) is 5.86. The summed E-state index contributed by atoms with van der Waals surface area (Å²) in [5, 5.41) is 25.7. The second-order valence-corrected chi connectivity index (χ2v) is 8.33. The Bertz CT molecular complexity index is 1280. The predicted molar refractivity (Wildman–Crippen MR) is 118 cm³/mol. The predicted octanol–water partition coefficient (Wildman–Crippen LogP) is 2.05. The number of likely N-dealkylation sites (tertiary alicyclic amines) is 1. The van der Waals surface area contributed by atoms with Crippen molar-refractivity contribution in [3.05, 3.63) is 48.0 Å². The van der Waals surface area contributed by atoms with Crippen molar-refractivity contribution >= 4 is 16.7 Å². The zero-order valence-corrected chi connectivity index (χ0v) is 18.3. The summed E-state index contributed by atoms with van der Waals surface area (Å²) in [6.45, 7) is 1.79. The molecule has 0 aliphatic carbocycles. The fourth-order valence-corrected chi connectivity index (χ4v) is 4.18. The zero-order valence-electron chi connectivity index (χ0n) is 18.3. The van der Waals surface area contributed by atoms with E-state index in [2.05, 4.69) is 35.7 Å². The average molecular weight is 449 g/mol. The van der Waals surface area contributed by atoms with Crippen molar-refractivity contribution in [1.82, 2.24) is 45.1 Å². The molecule has 0 atom stereocenters. The Balaban J connectivity index is 1.28. The van der Waals surface area contributed by atoms with Crippen LogP contribution in [0.4, 0.5) is 4.39 Å². The third kappa shape index (κ3) is 4.63. The van der Waals surface area contributed by atoms with E-state index in [9.17, 15) is 9.18 Å². The van der Waals surface area contributed by atoms with Crippen LogP contribution in [0.3, 0.4) is 0 Å². The van der Waals surface area contributed by atoms with E-state index < -0.39 is 0 Å². The number of aryl methyl sites for hydroxylation is 1. The number of benzene rings is 1. The molecule has 1 aliphatic heterocycles. The van der Waals surface area contributed by atoms with Crippen molar-refractivity contribution in [3.8, 4) is 11.3 Å². The number of carbonyl (C=O) groups excluding carboxylic acids is 1. The molecule has 170 valence electrons. The first-order valence-electron chi connectivity index (χ1n) is 11.0. The number of aromatic nitrogens is 8. The average Bonchev–Trinajstić information content (AvgIpc) is 3.49. The van der Waals surface area contributed by atoms with Crippen molar-refractivity contribution in [2.24, 2.45) is 7.05 Å². The summed E-state index contributed by atoms with van der Waals surface area (Å²) in [4.78, 5) is 14.9. The molecule has 5 rings (SSSR count). The van der Waals surface area contributed by atoms with Crippen LogP contribution < -0.4 is 0 Å². The van der Waals surface area contributed by atoms with Crippen LogP contribution in [-0.2, 0) is 13.5 Å². The molecule has 1 saturated heterocycles. The molecule has 0 saturated carbocycles. The Morgan fingerprint density at radius 3 is 2.67 bits per heavy atom. The van der Waals surface area contributed by atoms with E-state index in [4.69, 9.17) is 0 Å². The van der Waals surface area contributed by atoms with Crippen LogP contribution in [0.15, 0.2) is 36.7 Å². The van der Waals surface area contributed by atoms with E-state index >= 15 is 0 Å². The lowest BCUT2D eigenvalue weighted by atomic mass is 10.1. The van der Waals surface area contributed by atoms with Gasteiger partial charge in [0, 0.05) is 37.6 Å². The van der Waals surface area contributed by atoms with Gasteiger partial charge < -0.3 is 4.90 Å². The summed E-state index contributed by atoms with van der Waals surface area (Å²) in [5.74, 6) is -0.158. The van der Waals surface area contributed by atoms with Crippen LogP contribution in [0, 0.1) is 0 Å². The summed E-state index contributed by atoms with van der Waals surface area (Å²) in [6, 6.07) is 7.81. The maximum atomic E-state index is 12.8. The lowest BCUT2D eigenvalue weighted by Crippen LogP contribution is -2.36. The van der Waals surface area contributed by atoms with Gasteiger partial charge in [0.05, 0.1) is 36.1 Å². The molecular formula is C22H24FN9O. The first-order chi connectivity index (χ1) is 16.1. The number of rotatable bonds is 7. The minimum atomic E-state index is -0.327. The van der Waals surface area contributed by atoms with Crippen LogP contribution in [0.5, 0.6) is 0 Å². The smallest absolute Gasteiger partial charge is 0.190 e. The molecule has 1 fully saturated rings. The van der Waals surface area contributed by atoms with Gasteiger partial charge in [-0.1, -0.05) is 16.5 Å². The third-order valence-corrected chi connectivity index (χ3v) is 6.00. The Hall–Kier alpha value is -3.60. The maximum Gasteiger partial charge on any atom is 0.190 e. The van der Waals surface area contributed by atoms with Gasteiger partial charge in [0.15, 0.2) is 5.78 Å². The molecule has 1 aromatic carbocycles. The number of carbonyl (C=O) groups is 1. The number of Topliss-reactive ketones (excluding diaryl/α,β-unsaturated/α-hetero) is 1. The second kappa shape index (κ2) is 9.10. The topological polar surface area (TPSA) is 108 Å². The monoisotopic (exact) mass is 449 g/mol. The highest BCUT2D eigenvalue weighted by Crippen LogP contribution is 2.23. The van der Waals surface area contributed by atoms with Gasteiger partial charge in [-0.25, -0.2) is 9.07 Å². The molecule has 4 aromatic rings. The highest BCUT2D eigenvalue weighted by atomic mass is 19.1. The molecule has 1 aliphatic rings. The van der Waals surface area contributed by atoms with E-state index in [0.29, 0.717) is 17.9 Å². The highest BCUT2D eigenvalue weighted by Gasteiger charge is 2.22. The van der Waals surface area contributed by atoms with E-state index in [0.717, 1.165) is 48.1 Å². The van der Waals surface area contributed by atoms with Crippen molar-refractivity contribution in [1.29, 1.82) is 0 Å². The van der Waals surface area contributed by atoms with Gasteiger partial charge in [-0.05, 0) is 31.0 Å². The van der Waals surface area contributed by atoms with Gasteiger partial charge in [0.2, 0.25) is 0 Å². The lowest BCUT2D eigenvalue weighted by Gasteiger charge is -2.30. The first-order valence-corrected chi connectivity index (χ1v) is 11.0. The van der Waals surface area contributed by atoms with Crippen LogP contribution in [0.1, 0.15) is 35.1 Å². The maximum absolute atomic E-state index is 12.8. The molecule has 0 spiro atoms. The minimum Gasteiger partial charge on any atom is -0.301 e. The molecule has 10 nitrogen and oxygen atoms in total. The van der Waals surface area contributed by atoms with Gasteiger partial charge in [-0.15, -0.1) is 10.2 Å². The summed E-state index contributed by atoms with van der Waals surface area (Å²) >= 11 is 0. The Labute approximate surface area is 189 Å². The molecular weight excluding hydrogens is 425 g/mol. The molecule has 11 heteroatoms. The molecule has 0 N–H and O–H groups in total. The number of hydrogen-bond donors (Lipinski definition) is 0. The zero-order chi connectivity index (χ0) is 22.8. The SMILES string of the molecule is Cn1cc(-c2ccc3nnc(CC(=O)c4cn(C5CCN(CCF)CC5)nn4)cc3c2)nn1. The number of piperidine rings is 1. The van der Waals surface area contributed by atoms with Crippen LogP contribution in [0.2, 0.25) is 0 Å². The molecule has 0 amide bonds.